The first-order valence-corrected chi connectivity index (χ1v) is 7.54. The number of hydrogen-bond acceptors (Lipinski definition) is 4. The number of ketones is 1. The number of rotatable bonds is 7. The Balaban J connectivity index is 1.60. The topological polar surface area (TPSA) is 58.2 Å². The summed E-state index contributed by atoms with van der Waals surface area (Å²) >= 11 is 1.36. The largest absolute Gasteiger partial charge is 0.355 e. The molecular weight excluding hydrogens is 260 g/mol. The summed E-state index contributed by atoms with van der Waals surface area (Å²) in [5, 5.41) is 6.05. The molecule has 5 heteroatoms. The van der Waals surface area contributed by atoms with Gasteiger partial charge in [0.05, 0.1) is 11.5 Å². The zero-order valence-electron chi connectivity index (χ0n) is 10.7. The fourth-order valence-corrected chi connectivity index (χ4v) is 2.49. The molecule has 0 atom stereocenters. The van der Waals surface area contributed by atoms with Crippen molar-refractivity contribution in [3.63, 3.8) is 0 Å². The van der Waals surface area contributed by atoms with Gasteiger partial charge in [0.25, 0.3) is 0 Å². The van der Waals surface area contributed by atoms with Gasteiger partial charge < -0.3 is 10.6 Å². The van der Waals surface area contributed by atoms with E-state index in [0.717, 1.165) is 19.6 Å². The number of carbonyl (C=O) groups excluding carboxylic acids is 2. The van der Waals surface area contributed by atoms with E-state index in [-0.39, 0.29) is 11.7 Å². The van der Waals surface area contributed by atoms with E-state index >= 15 is 0 Å². The van der Waals surface area contributed by atoms with E-state index in [1.807, 2.05) is 18.2 Å². The highest BCUT2D eigenvalue weighted by molar-refractivity contribution is 8.00. The Kier molecular flexibility index (Phi) is 5.42. The lowest BCUT2D eigenvalue weighted by molar-refractivity contribution is -0.118. The molecule has 19 heavy (non-hydrogen) atoms. The fraction of sp³-hybridized carbons (Fsp3) is 0.429. The smallest absolute Gasteiger partial charge is 0.230 e. The van der Waals surface area contributed by atoms with Crippen LogP contribution in [0.4, 0.5) is 0 Å². The molecule has 0 aromatic heterocycles. The molecule has 2 N–H and O–H groups in total. The van der Waals surface area contributed by atoms with Gasteiger partial charge in [-0.25, -0.2) is 0 Å². The average Bonchev–Trinajstić information content (AvgIpc) is 2.38. The first-order valence-electron chi connectivity index (χ1n) is 6.39. The van der Waals surface area contributed by atoms with Gasteiger partial charge in [0.15, 0.2) is 5.78 Å². The van der Waals surface area contributed by atoms with Crippen LogP contribution in [0, 0.1) is 5.92 Å². The van der Waals surface area contributed by atoms with Crippen molar-refractivity contribution >= 4 is 23.5 Å². The summed E-state index contributed by atoms with van der Waals surface area (Å²) in [4.78, 5) is 23.3. The molecule has 2 rings (SSSR count). The van der Waals surface area contributed by atoms with E-state index in [2.05, 4.69) is 10.6 Å². The third-order valence-corrected chi connectivity index (χ3v) is 3.95. The van der Waals surface area contributed by atoms with Gasteiger partial charge in [0.1, 0.15) is 0 Å². The number of carbonyl (C=O) groups is 2. The minimum Gasteiger partial charge on any atom is -0.355 e. The van der Waals surface area contributed by atoms with Gasteiger partial charge in [-0.05, 0) is 0 Å². The third-order valence-electron chi connectivity index (χ3n) is 3.02. The Morgan fingerprint density at radius 3 is 2.58 bits per heavy atom. The molecule has 1 saturated heterocycles. The number of hydrogen-bond donors (Lipinski definition) is 2. The zero-order valence-corrected chi connectivity index (χ0v) is 11.5. The van der Waals surface area contributed by atoms with Crippen molar-refractivity contribution in [2.45, 2.75) is 0 Å². The summed E-state index contributed by atoms with van der Waals surface area (Å²) in [6.07, 6.45) is 0. The summed E-state index contributed by atoms with van der Waals surface area (Å²) in [7, 11) is 0. The monoisotopic (exact) mass is 278 g/mol. The first kappa shape index (κ1) is 14.1. The van der Waals surface area contributed by atoms with Crippen molar-refractivity contribution in [3.8, 4) is 0 Å². The second-order valence-corrected chi connectivity index (χ2v) is 5.60. The summed E-state index contributed by atoms with van der Waals surface area (Å²) in [6, 6.07) is 9.17. The molecule has 0 unspecified atom stereocenters. The second kappa shape index (κ2) is 7.31. The molecule has 0 radical (unpaired) electrons. The molecule has 4 nitrogen and oxygen atoms in total. The summed E-state index contributed by atoms with van der Waals surface area (Å²) in [5.41, 5.74) is 0.705. The quantitative estimate of drug-likeness (QED) is 0.729. The van der Waals surface area contributed by atoms with Crippen molar-refractivity contribution in [3.05, 3.63) is 35.9 Å². The SMILES string of the molecule is O=C(CSCC(=O)c1ccccc1)NCC1CNC1. The number of amides is 1. The Bertz CT molecular complexity index is 432. The lowest BCUT2D eigenvalue weighted by Gasteiger charge is -2.27. The highest BCUT2D eigenvalue weighted by Gasteiger charge is 2.17. The molecule has 0 spiro atoms. The maximum absolute atomic E-state index is 11.8. The molecule has 0 saturated carbocycles. The molecule has 102 valence electrons. The van der Waals surface area contributed by atoms with E-state index in [1.54, 1.807) is 12.1 Å². The highest BCUT2D eigenvalue weighted by atomic mass is 32.2. The van der Waals surface area contributed by atoms with Crippen molar-refractivity contribution < 1.29 is 9.59 Å². The first-order chi connectivity index (χ1) is 9.25. The van der Waals surface area contributed by atoms with Crippen LogP contribution in [0.5, 0.6) is 0 Å². The van der Waals surface area contributed by atoms with Gasteiger partial charge in [0.2, 0.25) is 5.91 Å². The van der Waals surface area contributed by atoms with Gasteiger partial charge >= 0.3 is 0 Å². The van der Waals surface area contributed by atoms with Crippen molar-refractivity contribution in [2.24, 2.45) is 5.92 Å². The predicted molar refractivity (Wildman–Crippen MR) is 77.5 cm³/mol. The Hall–Kier alpha value is -1.33. The molecule has 1 aliphatic heterocycles. The summed E-state index contributed by atoms with van der Waals surface area (Å²) < 4.78 is 0. The van der Waals surface area contributed by atoms with E-state index < -0.39 is 0 Å². The maximum Gasteiger partial charge on any atom is 0.230 e. The van der Waals surface area contributed by atoms with Crippen LogP contribution in [-0.4, -0.2) is 42.8 Å². The molecule has 1 amide bonds. The van der Waals surface area contributed by atoms with Gasteiger partial charge in [-0.2, -0.15) is 0 Å². The normalized spacial score (nSPS) is 14.7. The van der Waals surface area contributed by atoms with Crippen molar-refractivity contribution in [1.29, 1.82) is 0 Å². The lowest BCUT2D eigenvalue weighted by atomic mass is 10.0. The average molecular weight is 278 g/mol. The molecule has 1 heterocycles. The Morgan fingerprint density at radius 1 is 1.21 bits per heavy atom. The minimum absolute atomic E-state index is 0.0118. The third kappa shape index (κ3) is 4.69. The fourth-order valence-electron chi connectivity index (χ4n) is 1.75. The molecule has 0 bridgehead atoms. The van der Waals surface area contributed by atoms with Gasteiger partial charge in [0, 0.05) is 31.1 Å². The van der Waals surface area contributed by atoms with Crippen LogP contribution < -0.4 is 10.6 Å². The zero-order chi connectivity index (χ0) is 13.5. The van der Waals surface area contributed by atoms with Crippen LogP contribution >= 0.6 is 11.8 Å². The van der Waals surface area contributed by atoms with Crippen LogP contribution in [0.2, 0.25) is 0 Å². The molecule has 1 aliphatic rings. The number of benzene rings is 1. The number of Topliss-reactive ketones (excluding diaryl/α,β-unsaturated/α-hetero) is 1. The number of nitrogens with one attached hydrogen (secondary N) is 2. The Labute approximate surface area is 117 Å². The van der Waals surface area contributed by atoms with E-state index in [0.29, 0.717) is 23.0 Å². The van der Waals surface area contributed by atoms with Crippen molar-refractivity contribution in [2.75, 3.05) is 31.1 Å². The molecule has 1 aromatic carbocycles. The molecular formula is C14H18N2O2S. The van der Waals surface area contributed by atoms with Crippen LogP contribution in [0.25, 0.3) is 0 Å². The molecule has 0 aliphatic carbocycles. The van der Waals surface area contributed by atoms with Gasteiger partial charge in [-0.15, -0.1) is 11.8 Å². The van der Waals surface area contributed by atoms with Crippen LogP contribution in [0.3, 0.4) is 0 Å². The standard InChI is InChI=1S/C14H18N2O2S/c17-13(12-4-2-1-3-5-12)9-19-10-14(18)16-8-11-6-15-7-11/h1-5,11,15H,6-10H2,(H,16,18). The Morgan fingerprint density at radius 2 is 1.95 bits per heavy atom. The summed E-state index contributed by atoms with van der Waals surface area (Å²) in [5.74, 6) is 1.35. The lowest BCUT2D eigenvalue weighted by Crippen LogP contribution is -2.48. The highest BCUT2D eigenvalue weighted by Crippen LogP contribution is 2.07. The maximum atomic E-state index is 11.8. The molecule has 1 aromatic rings. The van der Waals surface area contributed by atoms with Gasteiger partial charge in [-0.1, -0.05) is 30.3 Å². The van der Waals surface area contributed by atoms with Crippen LogP contribution in [0.15, 0.2) is 30.3 Å². The number of thioether (sulfide) groups is 1. The predicted octanol–water partition coefficient (Wildman–Crippen LogP) is 0.938. The van der Waals surface area contributed by atoms with E-state index in [1.165, 1.54) is 11.8 Å². The second-order valence-electron chi connectivity index (χ2n) is 4.61. The van der Waals surface area contributed by atoms with Crippen LogP contribution in [-0.2, 0) is 4.79 Å². The van der Waals surface area contributed by atoms with E-state index in [9.17, 15) is 9.59 Å². The van der Waals surface area contributed by atoms with Crippen molar-refractivity contribution in [1.82, 2.24) is 10.6 Å². The molecule has 1 fully saturated rings. The van der Waals surface area contributed by atoms with E-state index in [4.69, 9.17) is 0 Å². The minimum atomic E-state index is 0.0118. The summed E-state index contributed by atoms with van der Waals surface area (Å²) in [6.45, 7) is 2.71. The van der Waals surface area contributed by atoms with Crippen LogP contribution in [0.1, 0.15) is 10.4 Å². The van der Waals surface area contributed by atoms with Gasteiger partial charge in [-0.3, -0.25) is 9.59 Å².